The molecule has 0 aliphatic carbocycles. The van der Waals surface area contributed by atoms with Crippen LogP contribution in [0.5, 0.6) is 0 Å². The molecular formula is C19H23N3O. The van der Waals surface area contributed by atoms with Gasteiger partial charge in [-0.3, -0.25) is 4.79 Å². The summed E-state index contributed by atoms with van der Waals surface area (Å²) >= 11 is 0. The van der Waals surface area contributed by atoms with Crippen molar-refractivity contribution in [3.05, 3.63) is 59.5 Å². The number of hydrogen-bond acceptors (Lipinski definition) is 1. The van der Waals surface area contributed by atoms with Gasteiger partial charge in [-0.25, -0.2) is 0 Å². The SMILES string of the molecule is Cc1ccc(CNC(=O)CCCc2c[nH]c3ccccc23)n1C. The zero-order valence-electron chi connectivity index (χ0n) is 13.7. The lowest BCUT2D eigenvalue weighted by atomic mass is 10.1. The second-order valence-electron chi connectivity index (χ2n) is 6.01. The molecule has 0 aliphatic rings. The molecule has 0 saturated heterocycles. The molecule has 3 rings (SSSR count). The third kappa shape index (κ3) is 3.47. The first-order valence-corrected chi connectivity index (χ1v) is 8.08. The molecule has 2 heterocycles. The van der Waals surface area contributed by atoms with Crippen molar-refractivity contribution in [1.29, 1.82) is 0 Å². The minimum atomic E-state index is 0.115. The van der Waals surface area contributed by atoms with Crippen molar-refractivity contribution in [3.8, 4) is 0 Å². The minimum absolute atomic E-state index is 0.115. The van der Waals surface area contributed by atoms with Gasteiger partial charge in [0.05, 0.1) is 6.54 Å². The predicted molar refractivity (Wildman–Crippen MR) is 93.2 cm³/mol. The zero-order chi connectivity index (χ0) is 16.2. The molecule has 0 atom stereocenters. The molecule has 0 spiro atoms. The zero-order valence-corrected chi connectivity index (χ0v) is 13.7. The number of benzene rings is 1. The Bertz CT molecular complexity index is 813. The number of carbonyl (C=O) groups is 1. The van der Waals surface area contributed by atoms with Crippen molar-refractivity contribution in [2.24, 2.45) is 7.05 Å². The van der Waals surface area contributed by atoms with Crippen molar-refractivity contribution in [2.45, 2.75) is 32.7 Å². The van der Waals surface area contributed by atoms with Gasteiger partial charge < -0.3 is 14.9 Å². The Morgan fingerprint density at radius 3 is 2.83 bits per heavy atom. The van der Waals surface area contributed by atoms with Gasteiger partial charge in [0.2, 0.25) is 5.91 Å². The summed E-state index contributed by atoms with van der Waals surface area (Å²) in [7, 11) is 2.02. The van der Waals surface area contributed by atoms with E-state index in [4.69, 9.17) is 0 Å². The number of aryl methyl sites for hydroxylation is 2. The van der Waals surface area contributed by atoms with Gasteiger partial charge in [-0.1, -0.05) is 18.2 Å². The smallest absolute Gasteiger partial charge is 0.220 e. The summed E-state index contributed by atoms with van der Waals surface area (Å²) in [5.41, 5.74) is 4.78. The van der Waals surface area contributed by atoms with E-state index in [1.54, 1.807) is 0 Å². The maximum atomic E-state index is 12.0. The summed E-state index contributed by atoms with van der Waals surface area (Å²) < 4.78 is 2.10. The molecule has 2 N–H and O–H groups in total. The van der Waals surface area contributed by atoms with Crippen LogP contribution >= 0.6 is 0 Å². The van der Waals surface area contributed by atoms with Gasteiger partial charge in [-0.2, -0.15) is 0 Å². The number of aromatic amines is 1. The summed E-state index contributed by atoms with van der Waals surface area (Å²) in [6, 6.07) is 12.4. The predicted octanol–water partition coefficient (Wildman–Crippen LogP) is 3.45. The third-order valence-electron chi connectivity index (χ3n) is 4.47. The Morgan fingerprint density at radius 1 is 1.22 bits per heavy atom. The number of nitrogens with zero attached hydrogens (tertiary/aromatic N) is 1. The largest absolute Gasteiger partial charge is 0.361 e. The maximum Gasteiger partial charge on any atom is 0.220 e. The van der Waals surface area contributed by atoms with Crippen LogP contribution in [0, 0.1) is 6.92 Å². The molecule has 0 bridgehead atoms. The average Bonchev–Trinajstić information content (AvgIpc) is 3.11. The van der Waals surface area contributed by atoms with Gasteiger partial charge >= 0.3 is 0 Å². The van der Waals surface area contributed by atoms with Crippen LogP contribution in [0.15, 0.2) is 42.6 Å². The number of nitrogens with one attached hydrogen (secondary N) is 2. The van der Waals surface area contributed by atoms with Crippen LogP contribution in [0.25, 0.3) is 10.9 Å². The van der Waals surface area contributed by atoms with Gasteiger partial charge in [0.25, 0.3) is 0 Å². The topological polar surface area (TPSA) is 49.8 Å². The number of fused-ring (bicyclic) bond motifs is 1. The van der Waals surface area contributed by atoms with Gasteiger partial charge in [-0.15, -0.1) is 0 Å². The van der Waals surface area contributed by atoms with Gasteiger partial charge in [0.1, 0.15) is 0 Å². The lowest BCUT2D eigenvalue weighted by Crippen LogP contribution is -2.23. The van der Waals surface area contributed by atoms with Crippen LogP contribution in [-0.2, 0) is 24.8 Å². The summed E-state index contributed by atoms with van der Waals surface area (Å²) in [6.07, 6.45) is 4.39. The second-order valence-corrected chi connectivity index (χ2v) is 6.01. The number of para-hydroxylation sites is 1. The molecule has 1 aromatic carbocycles. The van der Waals surface area contributed by atoms with E-state index in [2.05, 4.69) is 52.3 Å². The molecule has 4 nitrogen and oxygen atoms in total. The first-order valence-electron chi connectivity index (χ1n) is 8.08. The molecule has 0 unspecified atom stereocenters. The van der Waals surface area contributed by atoms with E-state index >= 15 is 0 Å². The molecule has 0 fully saturated rings. The lowest BCUT2D eigenvalue weighted by molar-refractivity contribution is -0.121. The van der Waals surface area contributed by atoms with Crippen molar-refractivity contribution >= 4 is 16.8 Å². The summed E-state index contributed by atoms with van der Waals surface area (Å²) in [4.78, 5) is 15.3. The number of hydrogen-bond donors (Lipinski definition) is 2. The van der Waals surface area contributed by atoms with Gasteiger partial charge in [-0.05, 0) is 43.5 Å². The van der Waals surface area contributed by atoms with Crippen LogP contribution < -0.4 is 5.32 Å². The monoisotopic (exact) mass is 309 g/mol. The van der Waals surface area contributed by atoms with Crippen LogP contribution in [0.2, 0.25) is 0 Å². The lowest BCUT2D eigenvalue weighted by Gasteiger charge is -2.07. The van der Waals surface area contributed by atoms with Gasteiger partial charge in [0.15, 0.2) is 0 Å². The van der Waals surface area contributed by atoms with Crippen molar-refractivity contribution < 1.29 is 4.79 Å². The van der Waals surface area contributed by atoms with Crippen LogP contribution in [0.3, 0.4) is 0 Å². The highest BCUT2D eigenvalue weighted by atomic mass is 16.1. The van der Waals surface area contributed by atoms with Crippen molar-refractivity contribution in [2.75, 3.05) is 0 Å². The molecule has 0 radical (unpaired) electrons. The van der Waals surface area contributed by atoms with E-state index < -0.39 is 0 Å². The maximum absolute atomic E-state index is 12.0. The molecule has 1 amide bonds. The third-order valence-corrected chi connectivity index (χ3v) is 4.47. The van der Waals surface area contributed by atoms with Crippen LogP contribution in [0.4, 0.5) is 0 Å². The first kappa shape index (κ1) is 15.4. The summed E-state index contributed by atoms with van der Waals surface area (Å²) in [5, 5.41) is 4.26. The van der Waals surface area contributed by atoms with E-state index in [9.17, 15) is 4.79 Å². The Balaban J connectivity index is 1.47. The van der Waals surface area contributed by atoms with E-state index in [1.165, 1.54) is 16.6 Å². The number of amides is 1. The summed E-state index contributed by atoms with van der Waals surface area (Å²) in [6.45, 7) is 2.66. The number of rotatable bonds is 6. The Kier molecular flexibility index (Phi) is 4.51. The number of H-pyrrole nitrogens is 1. The molecule has 120 valence electrons. The number of aromatic nitrogens is 2. The molecular weight excluding hydrogens is 286 g/mol. The highest BCUT2D eigenvalue weighted by Gasteiger charge is 2.07. The van der Waals surface area contributed by atoms with Crippen molar-refractivity contribution in [3.63, 3.8) is 0 Å². The van der Waals surface area contributed by atoms with Crippen LogP contribution in [-0.4, -0.2) is 15.5 Å². The molecule has 4 heteroatoms. The highest BCUT2D eigenvalue weighted by Crippen LogP contribution is 2.19. The molecule has 0 aliphatic heterocycles. The average molecular weight is 309 g/mol. The quantitative estimate of drug-likeness (QED) is 0.720. The highest BCUT2D eigenvalue weighted by molar-refractivity contribution is 5.83. The normalized spacial score (nSPS) is 11.0. The fourth-order valence-electron chi connectivity index (χ4n) is 2.90. The summed E-state index contributed by atoms with van der Waals surface area (Å²) in [5.74, 6) is 0.115. The van der Waals surface area contributed by atoms with Crippen molar-refractivity contribution in [1.82, 2.24) is 14.9 Å². The fraction of sp³-hybridized carbons (Fsp3) is 0.316. The minimum Gasteiger partial charge on any atom is -0.361 e. The second kappa shape index (κ2) is 6.73. The first-order chi connectivity index (χ1) is 11.1. The van der Waals surface area contributed by atoms with Gasteiger partial charge in [0, 0.05) is 42.0 Å². The Morgan fingerprint density at radius 2 is 2.04 bits per heavy atom. The van der Waals surface area contributed by atoms with E-state index in [0.29, 0.717) is 13.0 Å². The van der Waals surface area contributed by atoms with Crippen LogP contribution in [0.1, 0.15) is 29.8 Å². The molecule has 2 aromatic heterocycles. The Hall–Kier alpha value is -2.49. The molecule has 0 saturated carbocycles. The fourth-order valence-corrected chi connectivity index (χ4v) is 2.90. The standard InChI is InChI=1S/C19H23N3O/c1-14-10-11-16(22(14)2)13-21-19(23)9-5-6-15-12-20-18-8-4-3-7-17(15)18/h3-4,7-8,10-12,20H,5-6,9,13H2,1-2H3,(H,21,23). The number of carbonyl (C=O) groups excluding carboxylic acids is 1. The van der Waals surface area contributed by atoms with E-state index in [1.807, 2.05) is 19.2 Å². The van der Waals surface area contributed by atoms with E-state index in [-0.39, 0.29) is 5.91 Å². The Labute approximate surface area is 136 Å². The van der Waals surface area contributed by atoms with E-state index in [0.717, 1.165) is 24.1 Å². The molecule has 23 heavy (non-hydrogen) atoms. The molecule has 3 aromatic rings.